The van der Waals surface area contributed by atoms with E-state index in [1.807, 2.05) is 12.1 Å². The van der Waals surface area contributed by atoms with Crippen LogP contribution in [0.4, 0.5) is 0 Å². The Morgan fingerprint density at radius 2 is 2.05 bits per heavy atom. The summed E-state index contributed by atoms with van der Waals surface area (Å²) in [7, 11) is 4.84. The molecule has 100 valence electrons. The number of amides is 1. The third kappa shape index (κ3) is 2.74. The van der Waals surface area contributed by atoms with Crippen molar-refractivity contribution < 1.29 is 14.3 Å². The normalized spacial score (nSPS) is 17.2. The minimum Gasteiger partial charge on any atom is -0.497 e. The van der Waals surface area contributed by atoms with Gasteiger partial charge in [0.05, 0.1) is 19.1 Å². The van der Waals surface area contributed by atoms with Crippen LogP contribution in [0.1, 0.15) is 5.56 Å². The number of thioether (sulfide) groups is 1. The van der Waals surface area contributed by atoms with Gasteiger partial charge in [-0.15, -0.1) is 0 Å². The summed E-state index contributed by atoms with van der Waals surface area (Å²) in [4.78, 5) is 14.0. The molecule has 0 spiro atoms. The summed E-state index contributed by atoms with van der Waals surface area (Å²) < 4.78 is 11.0. The molecule has 4 nitrogen and oxygen atoms in total. The molecule has 1 saturated heterocycles. The van der Waals surface area contributed by atoms with E-state index in [4.69, 9.17) is 21.7 Å². The van der Waals surface area contributed by atoms with E-state index >= 15 is 0 Å². The second kappa shape index (κ2) is 5.63. The SMILES string of the molecule is COc1ccc(/C=C2\SC(=S)N(C)C2=O)c(OC)c1. The molecule has 2 rings (SSSR count). The quantitative estimate of drug-likeness (QED) is 0.633. The first kappa shape index (κ1) is 13.9. The van der Waals surface area contributed by atoms with Gasteiger partial charge in [-0.2, -0.15) is 0 Å². The van der Waals surface area contributed by atoms with Crippen molar-refractivity contribution in [3.63, 3.8) is 0 Å². The number of rotatable bonds is 3. The van der Waals surface area contributed by atoms with Gasteiger partial charge in [-0.3, -0.25) is 9.69 Å². The van der Waals surface area contributed by atoms with Gasteiger partial charge >= 0.3 is 0 Å². The number of hydrogen-bond donors (Lipinski definition) is 0. The Morgan fingerprint density at radius 3 is 2.58 bits per heavy atom. The highest BCUT2D eigenvalue weighted by atomic mass is 32.2. The molecule has 0 N–H and O–H groups in total. The summed E-state index contributed by atoms with van der Waals surface area (Å²) in [5.41, 5.74) is 0.817. The molecule has 1 aromatic carbocycles. The van der Waals surface area contributed by atoms with Crippen LogP contribution in [0.25, 0.3) is 6.08 Å². The van der Waals surface area contributed by atoms with Crippen molar-refractivity contribution in [1.29, 1.82) is 0 Å². The number of hydrogen-bond acceptors (Lipinski definition) is 5. The monoisotopic (exact) mass is 295 g/mol. The lowest BCUT2D eigenvalue weighted by Gasteiger charge is -2.08. The van der Waals surface area contributed by atoms with Gasteiger partial charge < -0.3 is 9.47 Å². The van der Waals surface area contributed by atoms with Crippen molar-refractivity contribution in [3.05, 3.63) is 28.7 Å². The lowest BCUT2D eigenvalue weighted by atomic mass is 10.1. The molecule has 0 aliphatic carbocycles. The Kier molecular flexibility index (Phi) is 4.11. The predicted octanol–water partition coefficient (Wildman–Crippen LogP) is 2.53. The Hall–Kier alpha value is -1.53. The first-order valence-corrected chi connectivity index (χ1v) is 6.73. The summed E-state index contributed by atoms with van der Waals surface area (Å²) in [6, 6.07) is 5.44. The van der Waals surface area contributed by atoms with Gasteiger partial charge in [0, 0.05) is 18.7 Å². The van der Waals surface area contributed by atoms with Crippen LogP contribution in [0.2, 0.25) is 0 Å². The van der Waals surface area contributed by atoms with Crippen molar-refractivity contribution >= 4 is 40.3 Å². The van der Waals surface area contributed by atoms with Gasteiger partial charge in [0.1, 0.15) is 15.8 Å². The van der Waals surface area contributed by atoms with Gasteiger partial charge in [-0.05, 0) is 18.2 Å². The molecule has 0 unspecified atom stereocenters. The van der Waals surface area contributed by atoms with Gasteiger partial charge in [0.25, 0.3) is 5.91 Å². The highest BCUT2D eigenvalue weighted by Gasteiger charge is 2.28. The van der Waals surface area contributed by atoms with Gasteiger partial charge in [-0.1, -0.05) is 24.0 Å². The van der Waals surface area contributed by atoms with Crippen molar-refractivity contribution in [2.24, 2.45) is 0 Å². The Morgan fingerprint density at radius 1 is 1.32 bits per heavy atom. The van der Waals surface area contributed by atoms with Gasteiger partial charge in [0.2, 0.25) is 0 Å². The Labute approximate surface area is 121 Å². The zero-order valence-electron chi connectivity index (χ0n) is 10.8. The first-order chi connectivity index (χ1) is 9.06. The van der Waals surface area contributed by atoms with Crippen LogP contribution in [0.3, 0.4) is 0 Å². The van der Waals surface area contributed by atoms with E-state index in [-0.39, 0.29) is 5.91 Å². The average Bonchev–Trinajstić information content (AvgIpc) is 2.67. The van der Waals surface area contributed by atoms with E-state index in [1.165, 1.54) is 16.7 Å². The number of thiocarbonyl (C=S) groups is 1. The van der Waals surface area contributed by atoms with Crippen molar-refractivity contribution in [1.82, 2.24) is 4.90 Å². The number of carbonyl (C=O) groups excluding carboxylic acids is 1. The summed E-state index contributed by atoms with van der Waals surface area (Å²) in [5, 5.41) is 0. The number of likely N-dealkylation sites (N-methyl/N-ethyl adjacent to an activating group) is 1. The number of benzene rings is 1. The molecule has 1 aliphatic heterocycles. The number of nitrogens with zero attached hydrogens (tertiary/aromatic N) is 1. The number of ether oxygens (including phenoxy) is 2. The molecule has 1 amide bonds. The van der Waals surface area contributed by atoms with Crippen LogP contribution in [-0.2, 0) is 4.79 Å². The molecule has 1 aliphatic rings. The van der Waals surface area contributed by atoms with Crippen molar-refractivity contribution in [3.8, 4) is 11.5 Å². The first-order valence-electron chi connectivity index (χ1n) is 5.50. The summed E-state index contributed by atoms with van der Waals surface area (Å²) in [6.45, 7) is 0. The zero-order valence-corrected chi connectivity index (χ0v) is 12.4. The second-order valence-electron chi connectivity index (χ2n) is 3.85. The Balaban J connectivity index is 2.38. The van der Waals surface area contributed by atoms with Crippen LogP contribution in [0, 0.1) is 0 Å². The number of methoxy groups -OCH3 is 2. The molecule has 1 heterocycles. The summed E-state index contributed by atoms with van der Waals surface area (Å²) in [5.74, 6) is 1.27. The standard InChI is InChI=1S/C13H13NO3S2/c1-14-12(15)11(19-13(14)18)6-8-4-5-9(16-2)7-10(8)17-3/h4-7H,1-3H3/b11-6-. The average molecular weight is 295 g/mol. The molecule has 1 aromatic rings. The lowest BCUT2D eigenvalue weighted by Crippen LogP contribution is -2.22. The third-order valence-electron chi connectivity index (χ3n) is 2.71. The highest BCUT2D eigenvalue weighted by molar-refractivity contribution is 8.26. The van der Waals surface area contributed by atoms with E-state index in [1.54, 1.807) is 33.4 Å². The largest absolute Gasteiger partial charge is 0.497 e. The Bertz CT molecular complexity index is 569. The van der Waals surface area contributed by atoms with Crippen molar-refractivity contribution in [2.75, 3.05) is 21.3 Å². The molecular weight excluding hydrogens is 282 g/mol. The topological polar surface area (TPSA) is 38.8 Å². The molecule has 0 aromatic heterocycles. The van der Waals surface area contributed by atoms with Gasteiger partial charge in [0.15, 0.2) is 0 Å². The molecule has 0 atom stereocenters. The number of carbonyl (C=O) groups is 1. The molecule has 0 saturated carbocycles. The highest BCUT2D eigenvalue weighted by Crippen LogP contribution is 2.34. The maximum absolute atomic E-state index is 11.9. The fourth-order valence-corrected chi connectivity index (χ4v) is 2.79. The minimum atomic E-state index is -0.0899. The maximum atomic E-state index is 11.9. The van der Waals surface area contributed by atoms with E-state index in [9.17, 15) is 4.79 Å². The maximum Gasteiger partial charge on any atom is 0.265 e. The second-order valence-corrected chi connectivity index (χ2v) is 5.52. The van der Waals surface area contributed by atoms with E-state index in [2.05, 4.69) is 0 Å². The molecule has 19 heavy (non-hydrogen) atoms. The molecular formula is C13H13NO3S2. The van der Waals surface area contributed by atoms with Crippen LogP contribution in [0.15, 0.2) is 23.1 Å². The molecule has 0 bridgehead atoms. The van der Waals surface area contributed by atoms with Crippen LogP contribution in [-0.4, -0.2) is 36.4 Å². The van der Waals surface area contributed by atoms with Crippen LogP contribution < -0.4 is 9.47 Å². The van der Waals surface area contributed by atoms with Crippen LogP contribution in [0.5, 0.6) is 11.5 Å². The van der Waals surface area contributed by atoms with E-state index in [0.29, 0.717) is 20.7 Å². The lowest BCUT2D eigenvalue weighted by molar-refractivity contribution is -0.121. The minimum absolute atomic E-state index is 0.0899. The smallest absolute Gasteiger partial charge is 0.265 e. The molecule has 1 fully saturated rings. The zero-order chi connectivity index (χ0) is 14.0. The summed E-state index contributed by atoms with van der Waals surface area (Å²) in [6.07, 6.45) is 1.78. The third-order valence-corrected chi connectivity index (χ3v) is 4.20. The molecule has 6 heteroatoms. The van der Waals surface area contributed by atoms with E-state index < -0.39 is 0 Å². The van der Waals surface area contributed by atoms with E-state index in [0.717, 1.165) is 5.56 Å². The fraction of sp³-hybridized carbons (Fsp3) is 0.231. The van der Waals surface area contributed by atoms with Crippen LogP contribution >= 0.6 is 24.0 Å². The predicted molar refractivity (Wildman–Crippen MR) is 80.5 cm³/mol. The van der Waals surface area contributed by atoms with Gasteiger partial charge in [-0.25, -0.2) is 0 Å². The molecule has 0 radical (unpaired) electrons. The fourth-order valence-electron chi connectivity index (χ4n) is 1.62. The summed E-state index contributed by atoms with van der Waals surface area (Å²) >= 11 is 6.38. The van der Waals surface area contributed by atoms with Crippen molar-refractivity contribution in [2.45, 2.75) is 0 Å².